The summed E-state index contributed by atoms with van der Waals surface area (Å²) in [6.45, 7) is 0. The molecule has 0 bridgehead atoms. The van der Waals surface area contributed by atoms with Gasteiger partial charge in [-0.3, -0.25) is 4.79 Å². The Kier molecular flexibility index (Phi) is 2.80. The third-order valence-corrected chi connectivity index (χ3v) is 4.49. The largest absolute Gasteiger partial charge is 0.375 e. The molecule has 112 valence electrons. The zero-order chi connectivity index (χ0) is 15.4. The number of thiazole rings is 1. The Bertz CT molecular complexity index is 959. The summed E-state index contributed by atoms with van der Waals surface area (Å²) < 4.78 is 28.9. The summed E-state index contributed by atoms with van der Waals surface area (Å²) in [4.78, 5) is 16.7. The minimum Gasteiger partial charge on any atom is -0.375 e. The van der Waals surface area contributed by atoms with Gasteiger partial charge in [0.2, 0.25) is 0 Å². The standard InChI is InChI=1S/C15H11F2N3OS/c16-10-3-8-13(4-11(10)17)20(7-1-2-7)5-9(14(8)21)12-6-22-15(18)19-12/h3-7H,1-2H2,(H2,18,19). The number of nitrogens with two attached hydrogens (primary N) is 1. The normalized spacial score (nSPS) is 14.6. The second-order valence-electron chi connectivity index (χ2n) is 5.36. The molecule has 22 heavy (non-hydrogen) atoms. The Labute approximate surface area is 127 Å². The van der Waals surface area contributed by atoms with Crippen LogP contribution in [0.3, 0.4) is 0 Å². The fraction of sp³-hybridized carbons (Fsp3) is 0.200. The number of fused-ring (bicyclic) bond motifs is 1. The molecule has 0 spiro atoms. The number of nitrogen functional groups attached to an aromatic ring is 1. The van der Waals surface area contributed by atoms with Gasteiger partial charge in [0.25, 0.3) is 0 Å². The van der Waals surface area contributed by atoms with E-state index in [9.17, 15) is 13.6 Å². The van der Waals surface area contributed by atoms with Crippen LogP contribution in [0, 0.1) is 11.6 Å². The molecule has 0 aliphatic heterocycles. The number of aromatic nitrogens is 2. The van der Waals surface area contributed by atoms with E-state index in [0.29, 0.717) is 21.9 Å². The maximum atomic E-state index is 13.6. The van der Waals surface area contributed by atoms with Crippen molar-refractivity contribution in [3.05, 3.63) is 45.6 Å². The van der Waals surface area contributed by atoms with E-state index < -0.39 is 11.6 Å². The molecule has 2 heterocycles. The van der Waals surface area contributed by atoms with Gasteiger partial charge in [0, 0.05) is 29.1 Å². The average molecular weight is 319 g/mol. The number of rotatable bonds is 2. The molecular weight excluding hydrogens is 308 g/mol. The van der Waals surface area contributed by atoms with E-state index >= 15 is 0 Å². The number of hydrogen-bond donors (Lipinski definition) is 1. The summed E-state index contributed by atoms with van der Waals surface area (Å²) in [6.07, 6.45) is 3.58. The highest BCUT2D eigenvalue weighted by molar-refractivity contribution is 7.13. The maximum absolute atomic E-state index is 13.6. The Balaban J connectivity index is 2.09. The van der Waals surface area contributed by atoms with Gasteiger partial charge in [-0.05, 0) is 18.9 Å². The smallest absolute Gasteiger partial charge is 0.198 e. The highest BCUT2D eigenvalue weighted by Crippen LogP contribution is 2.38. The Morgan fingerprint density at radius 3 is 2.64 bits per heavy atom. The van der Waals surface area contributed by atoms with Crippen LogP contribution >= 0.6 is 11.3 Å². The summed E-state index contributed by atoms with van der Waals surface area (Å²) in [7, 11) is 0. The van der Waals surface area contributed by atoms with Crippen molar-refractivity contribution >= 4 is 27.4 Å². The number of anilines is 1. The fourth-order valence-electron chi connectivity index (χ4n) is 2.59. The van der Waals surface area contributed by atoms with Gasteiger partial charge >= 0.3 is 0 Å². The zero-order valence-corrected chi connectivity index (χ0v) is 12.2. The van der Waals surface area contributed by atoms with Crippen molar-refractivity contribution in [3.63, 3.8) is 0 Å². The predicted octanol–water partition coefficient (Wildman–Crippen LogP) is 3.32. The molecule has 4 nitrogen and oxygen atoms in total. The number of hydrogen-bond acceptors (Lipinski definition) is 4. The predicted molar refractivity (Wildman–Crippen MR) is 81.9 cm³/mol. The third kappa shape index (κ3) is 2.00. The molecule has 0 saturated heterocycles. The number of halogens is 2. The lowest BCUT2D eigenvalue weighted by Crippen LogP contribution is -2.12. The van der Waals surface area contributed by atoms with Gasteiger partial charge in [-0.15, -0.1) is 11.3 Å². The minimum absolute atomic E-state index is 0.162. The van der Waals surface area contributed by atoms with E-state index in [1.807, 2.05) is 4.57 Å². The first-order valence-electron chi connectivity index (χ1n) is 6.80. The Morgan fingerprint density at radius 1 is 1.27 bits per heavy atom. The van der Waals surface area contributed by atoms with Crippen molar-refractivity contribution < 1.29 is 8.78 Å². The van der Waals surface area contributed by atoms with Crippen molar-refractivity contribution in [2.75, 3.05) is 5.73 Å². The van der Waals surface area contributed by atoms with Crippen LogP contribution < -0.4 is 11.2 Å². The highest BCUT2D eigenvalue weighted by Gasteiger charge is 2.26. The van der Waals surface area contributed by atoms with Crippen LogP contribution in [0.5, 0.6) is 0 Å². The van der Waals surface area contributed by atoms with Gasteiger partial charge in [0.1, 0.15) is 0 Å². The first kappa shape index (κ1) is 13.4. The van der Waals surface area contributed by atoms with Crippen LogP contribution in [0.25, 0.3) is 22.2 Å². The Hall–Kier alpha value is -2.28. The molecule has 2 N–H and O–H groups in total. The average Bonchev–Trinajstić information content (AvgIpc) is 3.23. The fourth-order valence-corrected chi connectivity index (χ4v) is 3.16. The second kappa shape index (κ2) is 4.61. The van der Waals surface area contributed by atoms with E-state index in [-0.39, 0.29) is 16.9 Å². The summed E-state index contributed by atoms with van der Waals surface area (Å²) >= 11 is 1.23. The number of benzene rings is 1. The lowest BCUT2D eigenvalue weighted by Gasteiger charge is -2.12. The molecule has 0 atom stereocenters. The van der Waals surface area contributed by atoms with Crippen molar-refractivity contribution in [1.82, 2.24) is 9.55 Å². The number of pyridine rings is 1. The molecule has 2 aromatic heterocycles. The first-order chi connectivity index (χ1) is 10.5. The molecule has 4 rings (SSSR count). The van der Waals surface area contributed by atoms with Gasteiger partial charge in [0.05, 0.1) is 16.8 Å². The van der Waals surface area contributed by atoms with E-state index in [1.54, 1.807) is 11.6 Å². The van der Waals surface area contributed by atoms with Gasteiger partial charge in [-0.1, -0.05) is 0 Å². The molecule has 1 aliphatic rings. The van der Waals surface area contributed by atoms with E-state index in [0.717, 1.165) is 25.0 Å². The minimum atomic E-state index is -1.03. The van der Waals surface area contributed by atoms with Crippen LogP contribution in [0.15, 0.2) is 28.5 Å². The summed E-state index contributed by atoms with van der Waals surface area (Å²) in [5, 5.41) is 2.21. The van der Waals surface area contributed by atoms with Gasteiger partial charge in [-0.25, -0.2) is 13.8 Å². The lowest BCUT2D eigenvalue weighted by molar-refractivity contribution is 0.510. The molecule has 0 radical (unpaired) electrons. The molecule has 0 unspecified atom stereocenters. The summed E-state index contributed by atoms with van der Waals surface area (Å²) in [5.74, 6) is -1.98. The maximum Gasteiger partial charge on any atom is 0.198 e. The quantitative estimate of drug-likeness (QED) is 0.788. The Morgan fingerprint density at radius 2 is 2.00 bits per heavy atom. The summed E-state index contributed by atoms with van der Waals surface area (Å²) in [6, 6.07) is 2.26. The molecule has 7 heteroatoms. The van der Waals surface area contributed by atoms with Crippen LogP contribution in [0.4, 0.5) is 13.9 Å². The molecule has 0 amide bonds. The van der Waals surface area contributed by atoms with E-state index in [1.165, 1.54) is 11.3 Å². The first-order valence-corrected chi connectivity index (χ1v) is 7.68. The molecule has 1 aromatic carbocycles. The topological polar surface area (TPSA) is 60.9 Å². The molecule has 1 aliphatic carbocycles. The third-order valence-electron chi connectivity index (χ3n) is 3.81. The SMILES string of the molecule is Nc1nc(-c2cn(C3CC3)c3cc(F)c(F)cc3c2=O)cs1. The van der Waals surface area contributed by atoms with Crippen LogP contribution in [0.1, 0.15) is 18.9 Å². The van der Waals surface area contributed by atoms with Crippen molar-refractivity contribution in [2.45, 2.75) is 18.9 Å². The molecule has 1 fully saturated rings. The number of nitrogens with zero attached hydrogens (tertiary/aromatic N) is 2. The highest BCUT2D eigenvalue weighted by atomic mass is 32.1. The zero-order valence-electron chi connectivity index (χ0n) is 11.3. The van der Waals surface area contributed by atoms with Crippen molar-refractivity contribution in [1.29, 1.82) is 0 Å². The van der Waals surface area contributed by atoms with Crippen LogP contribution in [-0.2, 0) is 0 Å². The van der Waals surface area contributed by atoms with E-state index in [2.05, 4.69) is 4.98 Å². The van der Waals surface area contributed by atoms with E-state index in [4.69, 9.17) is 5.73 Å². The molecule has 3 aromatic rings. The van der Waals surface area contributed by atoms with Gasteiger partial charge in [-0.2, -0.15) is 0 Å². The van der Waals surface area contributed by atoms with Crippen molar-refractivity contribution in [2.24, 2.45) is 0 Å². The van der Waals surface area contributed by atoms with Crippen LogP contribution in [0.2, 0.25) is 0 Å². The van der Waals surface area contributed by atoms with Gasteiger partial charge in [0.15, 0.2) is 22.2 Å². The van der Waals surface area contributed by atoms with Gasteiger partial charge < -0.3 is 10.3 Å². The second-order valence-corrected chi connectivity index (χ2v) is 6.25. The molecule has 1 saturated carbocycles. The molecular formula is C15H11F2N3OS. The van der Waals surface area contributed by atoms with Crippen molar-refractivity contribution in [3.8, 4) is 11.3 Å². The summed E-state index contributed by atoms with van der Waals surface area (Å²) in [5.41, 5.74) is 6.50. The lowest BCUT2D eigenvalue weighted by atomic mass is 10.1. The van der Waals surface area contributed by atoms with Crippen LogP contribution in [-0.4, -0.2) is 9.55 Å². The monoisotopic (exact) mass is 319 g/mol.